The zero-order chi connectivity index (χ0) is 19.1. The monoisotopic (exact) mass is 392 g/mol. The zero-order valence-electron chi connectivity index (χ0n) is 15.7. The number of imide groups is 1. The number of thioether (sulfide) groups is 1. The number of carbonyl (C=O) groups is 2. The lowest BCUT2D eigenvalue weighted by atomic mass is 10.1. The number of hydrogen-bond acceptors (Lipinski definition) is 6. The average Bonchev–Trinajstić information content (AvgIpc) is 3.04. The van der Waals surface area contributed by atoms with Crippen LogP contribution in [0.25, 0.3) is 10.2 Å². The molecule has 0 spiro atoms. The van der Waals surface area contributed by atoms with E-state index in [0.29, 0.717) is 5.82 Å². The second-order valence-electron chi connectivity index (χ2n) is 7.57. The van der Waals surface area contributed by atoms with Crippen LogP contribution in [0.15, 0.2) is 5.03 Å². The Morgan fingerprint density at radius 2 is 1.96 bits per heavy atom. The molecule has 140 valence electrons. The van der Waals surface area contributed by atoms with Crippen molar-refractivity contribution in [3.8, 4) is 0 Å². The summed E-state index contributed by atoms with van der Waals surface area (Å²) in [5.74, 6) is 0.381. The molecule has 0 bridgehead atoms. The van der Waals surface area contributed by atoms with Gasteiger partial charge in [-0.2, -0.15) is 0 Å². The first-order valence-electron chi connectivity index (χ1n) is 8.72. The lowest BCUT2D eigenvalue weighted by Gasteiger charge is -2.21. The summed E-state index contributed by atoms with van der Waals surface area (Å²) in [6.45, 7) is 9.27. The number of hydrogen-bond donors (Lipinski definition) is 2. The first-order valence-corrected chi connectivity index (χ1v) is 10.4. The van der Waals surface area contributed by atoms with Gasteiger partial charge in [-0.15, -0.1) is 11.3 Å². The highest BCUT2D eigenvalue weighted by atomic mass is 32.2. The number of urea groups is 1. The van der Waals surface area contributed by atoms with E-state index in [-0.39, 0.29) is 5.91 Å². The fraction of sp³-hybridized carbons (Fsp3) is 0.556. The van der Waals surface area contributed by atoms with Gasteiger partial charge in [0, 0.05) is 15.8 Å². The molecule has 2 N–H and O–H groups in total. The molecule has 3 amide bonds. The van der Waals surface area contributed by atoms with Gasteiger partial charge in [-0.05, 0) is 59.4 Å². The molecule has 6 nitrogen and oxygen atoms in total. The Kier molecular flexibility index (Phi) is 5.25. The molecular weight excluding hydrogens is 368 g/mol. The number of aryl methyl sites for hydroxylation is 3. The van der Waals surface area contributed by atoms with Crippen LogP contribution >= 0.6 is 23.1 Å². The Morgan fingerprint density at radius 1 is 1.23 bits per heavy atom. The van der Waals surface area contributed by atoms with Crippen LogP contribution < -0.4 is 10.6 Å². The molecule has 26 heavy (non-hydrogen) atoms. The van der Waals surface area contributed by atoms with Crippen LogP contribution in [-0.4, -0.2) is 32.7 Å². The van der Waals surface area contributed by atoms with Gasteiger partial charge in [0.15, 0.2) is 0 Å². The van der Waals surface area contributed by atoms with Crippen molar-refractivity contribution in [3.05, 3.63) is 16.3 Å². The predicted octanol–water partition coefficient (Wildman–Crippen LogP) is 3.59. The lowest BCUT2D eigenvalue weighted by molar-refractivity contribution is -0.119. The van der Waals surface area contributed by atoms with E-state index in [1.54, 1.807) is 18.3 Å². The lowest BCUT2D eigenvalue weighted by Crippen LogP contribution is -2.49. The van der Waals surface area contributed by atoms with Crippen LogP contribution in [0.4, 0.5) is 4.79 Å². The topological polar surface area (TPSA) is 84.0 Å². The molecular formula is C18H24N4O2S2. The van der Waals surface area contributed by atoms with E-state index >= 15 is 0 Å². The molecule has 0 aliphatic heterocycles. The number of fused-ring (bicyclic) bond motifs is 3. The number of rotatable bonds is 3. The molecule has 2 aromatic heterocycles. The van der Waals surface area contributed by atoms with Crippen LogP contribution in [0.3, 0.4) is 0 Å². The third-order valence-electron chi connectivity index (χ3n) is 4.03. The Balaban J connectivity index is 1.78. The molecule has 0 radical (unpaired) electrons. The van der Waals surface area contributed by atoms with Gasteiger partial charge < -0.3 is 5.32 Å². The number of aromatic nitrogens is 2. The highest BCUT2D eigenvalue weighted by molar-refractivity contribution is 8.00. The molecule has 3 rings (SSSR count). The second-order valence-corrected chi connectivity index (χ2v) is 9.98. The van der Waals surface area contributed by atoms with Crippen molar-refractivity contribution in [2.24, 2.45) is 0 Å². The molecule has 2 aromatic rings. The minimum Gasteiger partial charge on any atom is -0.333 e. The molecule has 0 saturated heterocycles. The minimum atomic E-state index is -0.476. The summed E-state index contributed by atoms with van der Waals surface area (Å²) in [6.07, 6.45) is 3.31. The molecule has 8 heteroatoms. The number of amides is 3. The number of thiophene rings is 1. The molecule has 2 heterocycles. The second kappa shape index (κ2) is 7.15. The van der Waals surface area contributed by atoms with E-state index in [0.717, 1.165) is 34.5 Å². The van der Waals surface area contributed by atoms with Crippen molar-refractivity contribution in [1.29, 1.82) is 0 Å². The van der Waals surface area contributed by atoms with Crippen LogP contribution in [0.1, 0.15) is 50.4 Å². The van der Waals surface area contributed by atoms with Crippen LogP contribution in [-0.2, 0) is 17.6 Å². The Bertz CT molecular complexity index is 870. The highest BCUT2D eigenvalue weighted by Crippen LogP contribution is 2.41. The maximum absolute atomic E-state index is 12.4. The molecule has 1 atom stereocenters. The summed E-state index contributed by atoms with van der Waals surface area (Å²) in [6, 6.07) is -0.476. The Labute approximate surface area is 161 Å². The number of nitrogens with one attached hydrogen (secondary N) is 2. The van der Waals surface area contributed by atoms with E-state index in [1.165, 1.54) is 22.2 Å². The van der Waals surface area contributed by atoms with Gasteiger partial charge in [0.2, 0.25) is 5.91 Å². The summed E-state index contributed by atoms with van der Waals surface area (Å²) in [7, 11) is 0. The van der Waals surface area contributed by atoms with Gasteiger partial charge in [0.05, 0.1) is 5.25 Å². The van der Waals surface area contributed by atoms with Gasteiger partial charge in [-0.25, -0.2) is 14.8 Å². The highest BCUT2D eigenvalue weighted by Gasteiger charge is 2.25. The van der Waals surface area contributed by atoms with Crippen LogP contribution in [0, 0.1) is 6.92 Å². The van der Waals surface area contributed by atoms with Crippen LogP contribution in [0.2, 0.25) is 0 Å². The smallest absolute Gasteiger partial charge is 0.321 e. The summed E-state index contributed by atoms with van der Waals surface area (Å²) in [4.78, 5) is 35.9. The van der Waals surface area contributed by atoms with E-state index in [9.17, 15) is 9.59 Å². The van der Waals surface area contributed by atoms with E-state index in [1.807, 2.05) is 27.7 Å². The standard InChI is InChI=1S/C18H24N4O2S2/c1-9(14(23)21-17(24)22-18(3,4)5)25-15-13-11-7-6-8-12(11)26-16(13)20-10(2)19-15/h9H,6-8H2,1-5H3,(H2,21,22,23,24)/t9-/m1/s1. The fourth-order valence-electron chi connectivity index (χ4n) is 2.96. The Hall–Kier alpha value is -1.67. The van der Waals surface area contributed by atoms with Crippen molar-refractivity contribution in [3.63, 3.8) is 0 Å². The summed E-state index contributed by atoms with van der Waals surface area (Å²) >= 11 is 3.13. The van der Waals surface area contributed by atoms with Gasteiger partial charge in [-0.3, -0.25) is 10.1 Å². The summed E-state index contributed by atoms with van der Waals surface area (Å²) < 4.78 is 0. The number of nitrogens with zero attached hydrogens (tertiary/aromatic N) is 2. The molecule has 0 fully saturated rings. The largest absolute Gasteiger partial charge is 0.333 e. The third kappa shape index (κ3) is 4.17. The van der Waals surface area contributed by atoms with E-state index in [4.69, 9.17) is 0 Å². The molecule has 0 aromatic carbocycles. The SMILES string of the molecule is Cc1nc(S[C@H](C)C(=O)NC(=O)NC(C)(C)C)c2c3c(sc2n1)CCC3. The molecule has 1 aliphatic carbocycles. The van der Waals surface area contributed by atoms with Gasteiger partial charge in [0.1, 0.15) is 15.7 Å². The summed E-state index contributed by atoms with van der Waals surface area (Å²) in [5.41, 5.74) is 0.944. The van der Waals surface area contributed by atoms with Crippen LogP contribution in [0.5, 0.6) is 0 Å². The molecule has 1 aliphatic rings. The predicted molar refractivity (Wildman–Crippen MR) is 106 cm³/mol. The van der Waals surface area contributed by atoms with Crippen molar-refractivity contribution < 1.29 is 9.59 Å². The zero-order valence-corrected chi connectivity index (χ0v) is 17.4. The third-order valence-corrected chi connectivity index (χ3v) is 6.30. The Morgan fingerprint density at radius 3 is 2.65 bits per heavy atom. The van der Waals surface area contributed by atoms with Gasteiger partial charge in [0.25, 0.3) is 0 Å². The molecule has 0 unspecified atom stereocenters. The van der Waals surface area contributed by atoms with Crippen molar-refractivity contribution in [2.75, 3.05) is 0 Å². The van der Waals surface area contributed by atoms with Gasteiger partial charge >= 0.3 is 6.03 Å². The fourth-order valence-corrected chi connectivity index (χ4v) is 5.35. The van der Waals surface area contributed by atoms with Crippen molar-refractivity contribution in [2.45, 2.75) is 69.7 Å². The van der Waals surface area contributed by atoms with E-state index < -0.39 is 16.8 Å². The quantitative estimate of drug-likeness (QED) is 0.616. The molecule has 0 saturated carbocycles. The number of carbonyl (C=O) groups excluding carboxylic acids is 2. The average molecular weight is 393 g/mol. The van der Waals surface area contributed by atoms with E-state index in [2.05, 4.69) is 20.6 Å². The van der Waals surface area contributed by atoms with Crippen molar-refractivity contribution in [1.82, 2.24) is 20.6 Å². The van der Waals surface area contributed by atoms with Gasteiger partial charge in [-0.1, -0.05) is 11.8 Å². The maximum atomic E-state index is 12.4. The summed E-state index contributed by atoms with van der Waals surface area (Å²) in [5, 5.41) is 6.65. The first kappa shape index (κ1) is 19.1. The first-order chi connectivity index (χ1) is 12.1. The normalized spacial score (nSPS) is 15.0. The van der Waals surface area contributed by atoms with Crippen molar-refractivity contribution >= 4 is 45.3 Å². The minimum absolute atomic E-state index is 0.326. The maximum Gasteiger partial charge on any atom is 0.321 e.